The monoisotopic (exact) mass is 283 g/mol. The van der Waals surface area contributed by atoms with Crippen molar-refractivity contribution >= 4 is 17.7 Å². The maximum Gasteiger partial charge on any atom is 0.306 e. The molecule has 4 nitrogen and oxygen atoms in total. The molecule has 0 amide bonds. The van der Waals surface area contributed by atoms with Gasteiger partial charge in [0.25, 0.3) is 0 Å². The van der Waals surface area contributed by atoms with Gasteiger partial charge in [-0.15, -0.1) is 0 Å². The Morgan fingerprint density at radius 1 is 1.42 bits per heavy atom. The Hall–Kier alpha value is -1.20. The molecule has 0 aliphatic carbocycles. The van der Waals surface area contributed by atoms with E-state index in [0.29, 0.717) is 13.0 Å². The quantitative estimate of drug-likeness (QED) is 0.586. The summed E-state index contributed by atoms with van der Waals surface area (Å²) in [5, 5.41) is 0. The molecular weight excluding hydrogens is 262 g/mol. The molecule has 1 atom stereocenters. The van der Waals surface area contributed by atoms with E-state index >= 15 is 0 Å². The number of hydrogen-bond acceptors (Lipinski definition) is 5. The lowest BCUT2D eigenvalue weighted by molar-refractivity contribution is -0.140. The summed E-state index contributed by atoms with van der Waals surface area (Å²) in [5.41, 5.74) is 7.17. The van der Waals surface area contributed by atoms with E-state index < -0.39 is 0 Å². The fraction of sp³-hybridized carbons (Fsp3) is 0.500. The van der Waals surface area contributed by atoms with Crippen LogP contribution in [0.3, 0.4) is 0 Å². The number of esters is 1. The molecule has 1 unspecified atom stereocenters. The Labute approximate surface area is 118 Å². The van der Waals surface area contributed by atoms with Gasteiger partial charge in [0.1, 0.15) is 5.75 Å². The van der Waals surface area contributed by atoms with E-state index in [1.807, 2.05) is 31.2 Å². The third-order valence-corrected chi connectivity index (χ3v) is 3.68. The van der Waals surface area contributed by atoms with Gasteiger partial charge < -0.3 is 15.2 Å². The number of para-hydroxylation sites is 1. The highest BCUT2D eigenvalue weighted by Gasteiger charge is 2.12. The van der Waals surface area contributed by atoms with Gasteiger partial charge in [0.05, 0.1) is 20.1 Å². The second kappa shape index (κ2) is 8.82. The minimum Gasteiger partial charge on any atom is -0.494 e. The van der Waals surface area contributed by atoms with Crippen LogP contribution in [-0.4, -0.2) is 31.2 Å². The third kappa shape index (κ3) is 5.53. The van der Waals surface area contributed by atoms with E-state index in [2.05, 4.69) is 4.74 Å². The van der Waals surface area contributed by atoms with Gasteiger partial charge in [-0.25, -0.2) is 0 Å². The van der Waals surface area contributed by atoms with Crippen LogP contribution in [0.1, 0.15) is 24.9 Å². The van der Waals surface area contributed by atoms with Gasteiger partial charge in [0, 0.05) is 23.1 Å². The van der Waals surface area contributed by atoms with Gasteiger partial charge in [-0.1, -0.05) is 18.2 Å². The van der Waals surface area contributed by atoms with Crippen LogP contribution in [0.4, 0.5) is 0 Å². The largest absolute Gasteiger partial charge is 0.494 e. The van der Waals surface area contributed by atoms with Gasteiger partial charge in [-0.2, -0.15) is 11.8 Å². The zero-order valence-electron chi connectivity index (χ0n) is 11.4. The Morgan fingerprint density at radius 2 is 2.16 bits per heavy atom. The molecule has 0 spiro atoms. The molecule has 0 bridgehead atoms. The average Bonchev–Trinajstić information content (AvgIpc) is 2.44. The number of hydrogen-bond donors (Lipinski definition) is 1. The van der Waals surface area contributed by atoms with Gasteiger partial charge >= 0.3 is 5.97 Å². The minimum absolute atomic E-state index is 0.0922. The number of rotatable bonds is 8. The van der Waals surface area contributed by atoms with Gasteiger partial charge in [-0.3, -0.25) is 4.79 Å². The highest BCUT2D eigenvalue weighted by molar-refractivity contribution is 7.99. The molecule has 0 saturated heterocycles. The molecule has 5 heteroatoms. The van der Waals surface area contributed by atoms with Crippen LogP contribution in [0.25, 0.3) is 0 Å². The summed E-state index contributed by atoms with van der Waals surface area (Å²) in [4.78, 5) is 11.0. The first-order valence-corrected chi connectivity index (χ1v) is 7.46. The molecule has 1 aromatic carbocycles. The average molecular weight is 283 g/mol. The van der Waals surface area contributed by atoms with Crippen molar-refractivity contribution in [1.29, 1.82) is 0 Å². The normalized spacial score (nSPS) is 11.9. The van der Waals surface area contributed by atoms with E-state index in [0.717, 1.165) is 22.8 Å². The molecule has 0 radical (unpaired) electrons. The van der Waals surface area contributed by atoms with Crippen molar-refractivity contribution in [3.8, 4) is 5.75 Å². The highest BCUT2D eigenvalue weighted by Crippen LogP contribution is 2.26. The number of thioether (sulfide) groups is 1. The second-order valence-electron chi connectivity index (χ2n) is 3.98. The zero-order valence-corrected chi connectivity index (χ0v) is 12.2. The number of nitrogens with two attached hydrogens (primary N) is 1. The molecule has 0 saturated carbocycles. The fourth-order valence-corrected chi connectivity index (χ4v) is 2.54. The maximum absolute atomic E-state index is 11.0. The molecule has 19 heavy (non-hydrogen) atoms. The summed E-state index contributed by atoms with van der Waals surface area (Å²) in [6.45, 7) is 2.58. The first-order chi connectivity index (χ1) is 9.19. The van der Waals surface area contributed by atoms with Crippen molar-refractivity contribution < 1.29 is 14.3 Å². The molecule has 0 fully saturated rings. The van der Waals surface area contributed by atoms with Crippen molar-refractivity contribution in [1.82, 2.24) is 0 Å². The first-order valence-electron chi connectivity index (χ1n) is 6.30. The molecule has 106 valence electrons. The standard InChI is InChI=1S/C14H21NO3S/c1-3-18-13-7-5-4-6-11(13)12(15)10-19-9-8-14(16)17-2/h4-7,12H,3,8-10,15H2,1-2H3. The van der Waals surface area contributed by atoms with Crippen LogP contribution in [0.5, 0.6) is 5.75 Å². The van der Waals surface area contributed by atoms with E-state index in [1.54, 1.807) is 11.8 Å². The van der Waals surface area contributed by atoms with E-state index in [9.17, 15) is 4.79 Å². The minimum atomic E-state index is -0.184. The number of benzene rings is 1. The number of ether oxygens (including phenoxy) is 2. The Balaban J connectivity index is 2.44. The lowest BCUT2D eigenvalue weighted by Crippen LogP contribution is -2.15. The predicted octanol–water partition coefficient (Wildman–Crippen LogP) is 2.38. The summed E-state index contributed by atoms with van der Waals surface area (Å²) in [6, 6.07) is 7.71. The molecule has 0 aliphatic rings. The van der Waals surface area contributed by atoms with Crippen molar-refractivity contribution in [2.75, 3.05) is 25.2 Å². The molecule has 2 N–H and O–H groups in total. The lowest BCUT2D eigenvalue weighted by Gasteiger charge is -2.16. The summed E-state index contributed by atoms with van der Waals surface area (Å²) in [6.07, 6.45) is 0.418. The smallest absolute Gasteiger partial charge is 0.306 e. The van der Waals surface area contributed by atoms with Gasteiger partial charge in [0.15, 0.2) is 0 Å². The summed E-state index contributed by atoms with van der Waals surface area (Å²) >= 11 is 1.65. The fourth-order valence-electron chi connectivity index (χ4n) is 1.63. The van der Waals surface area contributed by atoms with Crippen molar-refractivity contribution in [2.24, 2.45) is 5.73 Å². The topological polar surface area (TPSA) is 61.5 Å². The van der Waals surface area contributed by atoms with Crippen LogP contribution < -0.4 is 10.5 Å². The van der Waals surface area contributed by atoms with Crippen LogP contribution in [-0.2, 0) is 9.53 Å². The molecular formula is C14H21NO3S. The molecule has 1 aromatic rings. The zero-order chi connectivity index (χ0) is 14.1. The third-order valence-electron chi connectivity index (χ3n) is 2.59. The van der Waals surface area contributed by atoms with Crippen molar-refractivity contribution in [3.05, 3.63) is 29.8 Å². The molecule has 0 aromatic heterocycles. The summed E-state index contributed by atoms with van der Waals surface area (Å²) in [5.74, 6) is 2.12. The lowest BCUT2D eigenvalue weighted by atomic mass is 10.1. The van der Waals surface area contributed by atoms with Crippen LogP contribution in [0, 0.1) is 0 Å². The highest BCUT2D eigenvalue weighted by atomic mass is 32.2. The second-order valence-corrected chi connectivity index (χ2v) is 5.13. The van der Waals surface area contributed by atoms with E-state index in [-0.39, 0.29) is 12.0 Å². The maximum atomic E-state index is 11.0. The Morgan fingerprint density at radius 3 is 2.84 bits per heavy atom. The predicted molar refractivity (Wildman–Crippen MR) is 78.5 cm³/mol. The Bertz CT molecular complexity index is 398. The van der Waals surface area contributed by atoms with Crippen LogP contribution >= 0.6 is 11.8 Å². The molecule has 1 rings (SSSR count). The van der Waals surface area contributed by atoms with Crippen LogP contribution in [0.2, 0.25) is 0 Å². The van der Waals surface area contributed by atoms with Crippen LogP contribution in [0.15, 0.2) is 24.3 Å². The Kier molecular flexibility index (Phi) is 7.36. The van der Waals surface area contributed by atoms with Gasteiger partial charge in [-0.05, 0) is 13.0 Å². The SMILES string of the molecule is CCOc1ccccc1C(N)CSCCC(=O)OC. The first kappa shape index (κ1) is 15.9. The molecule has 0 aliphatic heterocycles. The van der Waals surface area contributed by atoms with Crippen molar-refractivity contribution in [2.45, 2.75) is 19.4 Å². The summed E-state index contributed by atoms with van der Waals surface area (Å²) in [7, 11) is 1.40. The number of carbonyl (C=O) groups excluding carboxylic acids is 1. The number of methoxy groups -OCH3 is 1. The summed E-state index contributed by atoms with van der Waals surface area (Å²) < 4.78 is 10.1. The number of carbonyl (C=O) groups is 1. The van der Waals surface area contributed by atoms with Crippen molar-refractivity contribution in [3.63, 3.8) is 0 Å². The van der Waals surface area contributed by atoms with Gasteiger partial charge in [0.2, 0.25) is 0 Å². The van der Waals surface area contributed by atoms with E-state index in [1.165, 1.54) is 7.11 Å². The van der Waals surface area contributed by atoms with E-state index in [4.69, 9.17) is 10.5 Å². The molecule has 0 heterocycles.